The Balaban J connectivity index is 2.29. The summed E-state index contributed by atoms with van der Waals surface area (Å²) in [7, 11) is 0. The summed E-state index contributed by atoms with van der Waals surface area (Å²) in [5, 5.41) is 0. The van der Waals surface area contributed by atoms with E-state index in [0.29, 0.717) is 5.88 Å². The third-order valence-corrected chi connectivity index (χ3v) is 3.52. The topological polar surface area (TPSA) is 22.1 Å². The molecule has 2 rings (SSSR count). The lowest BCUT2D eigenvalue weighted by atomic mass is 9.94. The van der Waals surface area contributed by atoms with Gasteiger partial charge in [-0.1, -0.05) is 32.0 Å². The maximum Gasteiger partial charge on any atom is 0.217 e. The van der Waals surface area contributed by atoms with Gasteiger partial charge in [-0.05, 0) is 37.1 Å². The average molecular weight is 273 g/mol. The minimum atomic E-state index is -0.219. The maximum atomic E-state index is 13.0. The molecule has 20 heavy (non-hydrogen) atoms. The number of halogens is 1. The summed E-state index contributed by atoms with van der Waals surface area (Å²) in [4.78, 5) is 4.33. The van der Waals surface area contributed by atoms with Crippen LogP contribution in [0.2, 0.25) is 0 Å². The zero-order valence-electron chi connectivity index (χ0n) is 12.1. The van der Waals surface area contributed by atoms with Crippen LogP contribution in [0.5, 0.6) is 5.88 Å². The van der Waals surface area contributed by atoms with Crippen LogP contribution in [0.25, 0.3) is 0 Å². The smallest absolute Gasteiger partial charge is 0.217 e. The highest BCUT2D eigenvalue weighted by Gasteiger charge is 2.16. The van der Waals surface area contributed by atoms with E-state index >= 15 is 0 Å². The molecule has 1 aromatic carbocycles. The van der Waals surface area contributed by atoms with Crippen molar-refractivity contribution in [3.63, 3.8) is 0 Å². The minimum absolute atomic E-state index is 0.114. The van der Waals surface area contributed by atoms with Crippen LogP contribution in [0, 0.1) is 5.82 Å². The van der Waals surface area contributed by atoms with Crippen molar-refractivity contribution in [1.29, 1.82) is 0 Å². The van der Waals surface area contributed by atoms with Gasteiger partial charge in [0.2, 0.25) is 5.88 Å². The molecule has 2 nitrogen and oxygen atoms in total. The first kappa shape index (κ1) is 14.5. The van der Waals surface area contributed by atoms with Gasteiger partial charge >= 0.3 is 0 Å². The quantitative estimate of drug-likeness (QED) is 0.797. The summed E-state index contributed by atoms with van der Waals surface area (Å²) in [6, 6.07) is 10.5. The SMILES string of the molecule is CCC(C)Oc1ncccc1C(C)c1ccc(F)cc1. The predicted molar refractivity (Wildman–Crippen MR) is 78.5 cm³/mol. The van der Waals surface area contributed by atoms with E-state index in [9.17, 15) is 4.39 Å². The Bertz CT molecular complexity index is 553. The molecule has 2 unspecified atom stereocenters. The van der Waals surface area contributed by atoms with Crippen molar-refractivity contribution in [2.45, 2.75) is 39.2 Å². The summed E-state index contributed by atoms with van der Waals surface area (Å²) in [6.45, 7) is 6.19. The van der Waals surface area contributed by atoms with Crippen molar-refractivity contribution in [3.8, 4) is 5.88 Å². The van der Waals surface area contributed by atoms with Gasteiger partial charge in [0.05, 0.1) is 6.10 Å². The molecule has 1 aromatic heterocycles. The molecule has 2 atom stereocenters. The molecule has 3 heteroatoms. The third kappa shape index (κ3) is 3.35. The molecular weight excluding hydrogens is 253 g/mol. The van der Waals surface area contributed by atoms with E-state index in [4.69, 9.17) is 4.74 Å². The summed E-state index contributed by atoms with van der Waals surface area (Å²) in [5.41, 5.74) is 2.08. The zero-order chi connectivity index (χ0) is 14.5. The second-order valence-electron chi connectivity index (χ2n) is 5.01. The Morgan fingerprint density at radius 2 is 1.85 bits per heavy atom. The van der Waals surface area contributed by atoms with Crippen LogP contribution in [0.1, 0.15) is 44.2 Å². The highest BCUT2D eigenvalue weighted by atomic mass is 19.1. The highest BCUT2D eigenvalue weighted by molar-refractivity contribution is 5.37. The van der Waals surface area contributed by atoms with Crippen molar-refractivity contribution in [2.75, 3.05) is 0 Å². The third-order valence-electron chi connectivity index (χ3n) is 3.52. The Labute approximate surface area is 119 Å². The second-order valence-corrected chi connectivity index (χ2v) is 5.01. The summed E-state index contributed by atoms with van der Waals surface area (Å²) in [5.74, 6) is 0.560. The number of pyridine rings is 1. The standard InChI is InChI=1S/C17H20FNO/c1-4-12(2)20-17-16(6-5-11-19-17)13(3)14-7-9-15(18)10-8-14/h5-13H,4H2,1-3H3. The molecule has 0 aliphatic rings. The molecule has 0 radical (unpaired) electrons. The molecule has 1 heterocycles. The molecule has 106 valence electrons. The number of benzene rings is 1. The Morgan fingerprint density at radius 3 is 2.50 bits per heavy atom. The van der Waals surface area contributed by atoms with Crippen molar-refractivity contribution < 1.29 is 9.13 Å². The number of hydrogen-bond acceptors (Lipinski definition) is 2. The lowest BCUT2D eigenvalue weighted by Crippen LogP contribution is -2.13. The molecule has 0 saturated carbocycles. The van der Waals surface area contributed by atoms with Gasteiger partial charge in [-0.3, -0.25) is 0 Å². The highest BCUT2D eigenvalue weighted by Crippen LogP contribution is 2.30. The number of ether oxygens (including phenoxy) is 1. The van der Waals surface area contributed by atoms with Crippen LogP contribution in [-0.4, -0.2) is 11.1 Å². The van der Waals surface area contributed by atoms with Gasteiger partial charge in [0.15, 0.2) is 0 Å². The van der Waals surface area contributed by atoms with Crippen molar-refractivity contribution >= 4 is 0 Å². The summed E-state index contributed by atoms with van der Waals surface area (Å²) in [6.07, 6.45) is 2.79. The minimum Gasteiger partial charge on any atom is -0.474 e. The molecule has 0 fully saturated rings. The van der Waals surface area contributed by atoms with E-state index in [2.05, 4.69) is 18.8 Å². The van der Waals surface area contributed by atoms with Crippen LogP contribution in [-0.2, 0) is 0 Å². The van der Waals surface area contributed by atoms with Crippen molar-refractivity contribution in [2.24, 2.45) is 0 Å². The maximum absolute atomic E-state index is 13.0. The second kappa shape index (κ2) is 6.51. The Hall–Kier alpha value is -1.90. The van der Waals surface area contributed by atoms with Gasteiger partial charge in [-0.2, -0.15) is 0 Å². The Kier molecular flexibility index (Phi) is 4.72. The Morgan fingerprint density at radius 1 is 1.15 bits per heavy atom. The summed E-state index contributed by atoms with van der Waals surface area (Å²) < 4.78 is 18.9. The number of rotatable bonds is 5. The fourth-order valence-corrected chi connectivity index (χ4v) is 2.04. The number of aromatic nitrogens is 1. The first-order valence-electron chi connectivity index (χ1n) is 6.98. The van der Waals surface area contributed by atoms with Gasteiger partial charge in [-0.15, -0.1) is 0 Å². The normalized spacial score (nSPS) is 13.8. The first-order chi connectivity index (χ1) is 9.61. The lowest BCUT2D eigenvalue weighted by Gasteiger charge is -2.19. The van der Waals surface area contributed by atoms with E-state index in [-0.39, 0.29) is 17.8 Å². The molecule has 0 saturated heterocycles. The predicted octanol–water partition coefficient (Wildman–Crippen LogP) is 4.55. The average Bonchev–Trinajstić information content (AvgIpc) is 2.48. The molecule has 0 bridgehead atoms. The van der Waals surface area contributed by atoms with Crippen LogP contribution in [0.15, 0.2) is 42.6 Å². The molecule has 2 aromatic rings. The molecular formula is C17H20FNO. The molecule has 0 spiro atoms. The van der Waals surface area contributed by atoms with E-state index in [1.165, 1.54) is 12.1 Å². The molecule has 0 aliphatic carbocycles. The number of nitrogens with zero attached hydrogens (tertiary/aromatic N) is 1. The van der Waals surface area contributed by atoms with Crippen LogP contribution >= 0.6 is 0 Å². The number of hydrogen-bond donors (Lipinski definition) is 0. The van der Waals surface area contributed by atoms with Crippen LogP contribution in [0.3, 0.4) is 0 Å². The van der Waals surface area contributed by atoms with Crippen LogP contribution in [0.4, 0.5) is 4.39 Å². The van der Waals surface area contributed by atoms with Crippen LogP contribution < -0.4 is 4.74 Å². The van der Waals surface area contributed by atoms with Crippen molar-refractivity contribution in [3.05, 3.63) is 59.5 Å². The first-order valence-corrected chi connectivity index (χ1v) is 6.98. The van der Waals surface area contributed by atoms with Crippen molar-refractivity contribution in [1.82, 2.24) is 4.98 Å². The fourth-order valence-electron chi connectivity index (χ4n) is 2.04. The van der Waals surface area contributed by atoms with E-state index in [0.717, 1.165) is 17.5 Å². The van der Waals surface area contributed by atoms with E-state index < -0.39 is 0 Å². The fraction of sp³-hybridized carbons (Fsp3) is 0.353. The van der Waals surface area contributed by atoms with Gasteiger partial charge in [-0.25, -0.2) is 9.37 Å². The monoisotopic (exact) mass is 273 g/mol. The molecule has 0 amide bonds. The summed E-state index contributed by atoms with van der Waals surface area (Å²) >= 11 is 0. The largest absolute Gasteiger partial charge is 0.474 e. The van der Waals surface area contributed by atoms with E-state index in [1.54, 1.807) is 18.3 Å². The molecule has 0 N–H and O–H groups in total. The van der Waals surface area contributed by atoms with Gasteiger partial charge < -0.3 is 4.74 Å². The zero-order valence-corrected chi connectivity index (χ0v) is 12.1. The van der Waals surface area contributed by atoms with Gasteiger partial charge in [0, 0.05) is 17.7 Å². The van der Waals surface area contributed by atoms with Gasteiger partial charge in [0.1, 0.15) is 5.82 Å². The van der Waals surface area contributed by atoms with E-state index in [1.807, 2.05) is 19.1 Å². The molecule has 0 aliphatic heterocycles. The lowest BCUT2D eigenvalue weighted by molar-refractivity contribution is 0.206. The van der Waals surface area contributed by atoms with Gasteiger partial charge in [0.25, 0.3) is 0 Å².